The van der Waals surface area contributed by atoms with Gasteiger partial charge in [0.2, 0.25) is 0 Å². The Bertz CT molecular complexity index is 706. The summed E-state index contributed by atoms with van der Waals surface area (Å²) in [5.41, 5.74) is 2.40. The quantitative estimate of drug-likeness (QED) is 0.753. The molecule has 0 spiro atoms. The van der Waals surface area contributed by atoms with Crippen LogP contribution in [0.4, 0.5) is 0 Å². The summed E-state index contributed by atoms with van der Waals surface area (Å²) in [5.74, 6) is 1.89. The predicted octanol–water partition coefficient (Wildman–Crippen LogP) is 4.73. The van der Waals surface area contributed by atoms with Crippen LogP contribution in [0.1, 0.15) is 22.0 Å². The minimum atomic E-state index is 0.174. The third-order valence-electron chi connectivity index (χ3n) is 3.74. The molecule has 0 saturated heterocycles. The van der Waals surface area contributed by atoms with E-state index in [0.29, 0.717) is 0 Å². The molecule has 0 fully saturated rings. The first kappa shape index (κ1) is 12.6. The van der Waals surface area contributed by atoms with E-state index in [0.717, 1.165) is 18.0 Å². The highest BCUT2D eigenvalue weighted by Crippen LogP contribution is 2.42. The molecule has 2 aromatic carbocycles. The highest BCUT2D eigenvalue weighted by Gasteiger charge is 2.26. The lowest BCUT2D eigenvalue weighted by Crippen LogP contribution is -2.24. The second kappa shape index (κ2) is 5.35. The van der Waals surface area contributed by atoms with Crippen molar-refractivity contribution in [3.05, 3.63) is 82.0 Å². The van der Waals surface area contributed by atoms with E-state index in [4.69, 9.17) is 4.74 Å². The van der Waals surface area contributed by atoms with E-state index in [1.165, 1.54) is 16.0 Å². The van der Waals surface area contributed by atoms with Gasteiger partial charge in [-0.2, -0.15) is 0 Å². The number of nitrogens with one attached hydrogen (secondary N) is 1. The predicted molar refractivity (Wildman–Crippen MR) is 86.0 cm³/mol. The highest BCUT2D eigenvalue weighted by molar-refractivity contribution is 7.09. The van der Waals surface area contributed by atoms with Gasteiger partial charge in [0.15, 0.2) is 0 Å². The van der Waals surface area contributed by atoms with E-state index in [-0.39, 0.29) is 6.04 Å². The van der Waals surface area contributed by atoms with Crippen molar-refractivity contribution in [2.75, 3.05) is 0 Å². The third-order valence-corrected chi connectivity index (χ3v) is 4.62. The first-order chi connectivity index (χ1) is 10.4. The fraction of sp³-hybridized carbons (Fsp3) is 0.111. The Hall–Kier alpha value is -2.10. The van der Waals surface area contributed by atoms with E-state index in [9.17, 15) is 0 Å². The van der Waals surface area contributed by atoms with E-state index in [1.807, 2.05) is 24.3 Å². The van der Waals surface area contributed by atoms with Crippen LogP contribution in [-0.4, -0.2) is 0 Å². The monoisotopic (exact) mass is 293 g/mol. The Morgan fingerprint density at radius 3 is 2.14 bits per heavy atom. The maximum atomic E-state index is 6.01. The average molecular weight is 293 g/mol. The van der Waals surface area contributed by atoms with Crippen molar-refractivity contribution in [3.63, 3.8) is 0 Å². The zero-order valence-electron chi connectivity index (χ0n) is 11.5. The topological polar surface area (TPSA) is 21.3 Å². The molecule has 104 valence electrons. The van der Waals surface area contributed by atoms with Gasteiger partial charge in [0.1, 0.15) is 11.5 Å². The summed E-state index contributed by atoms with van der Waals surface area (Å²) in [6.07, 6.45) is 0. The molecule has 0 saturated carbocycles. The Labute approximate surface area is 128 Å². The van der Waals surface area contributed by atoms with Crippen LogP contribution in [-0.2, 0) is 6.54 Å². The van der Waals surface area contributed by atoms with Gasteiger partial charge in [-0.15, -0.1) is 11.3 Å². The van der Waals surface area contributed by atoms with Crippen molar-refractivity contribution in [2.45, 2.75) is 12.6 Å². The number of hydrogen-bond donors (Lipinski definition) is 1. The number of hydrogen-bond acceptors (Lipinski definition) is 3. The molecule has 0 amide bonds. The Kier molecular flexibility index (Phi) is 3.22. The van der Waals surface area contributed by atoms with E-state index < -0.39 is 0 Å². The fourth-order valence-electron chi connectivity index (χ4n) is 2.75. The van der Waals surface area contributed by atoms with Crippen molar-refractivity contribution in [1.82, 2.24) is 5.32 Å². The maximum absolute atomic E-state index is 6.01. The molecule has 0 aliphatic carbocycles. The van der Waals surface area contributed by atoms with Crippen LogP contribution >= 0.6 is 11.3 Å². The first-order valence-corrected chi connectivity index (χ1v) is 7.91. The van der Waals surface area contributed by atoms with Crippen LogP contribution in [0.5, 0.6) is 11.5 Å². The van der Waals surface area contributed by atoms with Gasteiger partial charge in [0.25, 0.3) is 0 Å². The molecule has 1 aliphatic heterocycles. The van der Waals surface area contributed by atoms with Crippen LogP contribution in [0, 0.1) is 0 Å². The van der Waals surface area contributed by atoms with Gasteiger partial charge in [-0.25, -0.2) is 0 Å². The molecular weight excluding hydrogens is 278 g/mol. The van der Waals surface area contributed by atoms with E-state index >= 15 is 0 Å². The number of benzene rings is 2. The molecule has 0 bridgehead atoms. The maximum Gasteiger partial charge on any atom is 0.132 e. The second-order valence-electron chi connectivity index (χ2n) is 5.07. The number of fused-ring (bicyclic) bond motifs is 2. The van der Waals surface area contributed by atoms with Gasteiger partial charge < -0.3 is 10.1 Å². The molecule has 0 unspecified atom stereocenters. The van der Waals surface area contributed by atoms with Crippen LogP contribution in [0.25, 0.3) is 0 Å². The highest BCUT2D eigenvalue weighted by atomic mass is 32.1. The van der Waals surface area contributed by atoms with Crippen molar-refractivity contribution in [1.29, 1.82) is 0 Å². The summed E-state index contributed by atoms with van der Waals surface area (Å²) in [5, 5.41) is 5.78. The summed E-state index contributed by atoms with van der Waals surface area (Å²) in [6.45, 7) is 0.866. The van der Waals surface area contributed by atoms with Crippen LogP contribution in [0.15, 0.2) is 66.0 Å². The SMILES string of the molecule is c1csc(CNC2c3ccccc3Oc3ccccc32)c1. The molecule has 4 rings (SSSR count). The van der Waals surface area contributed by atoms with E-state index in [1.54, 1.807) is 11.3 Å². The number of thiophene rings is 1. The smallest absolute Gasteiger partial charge is 0.132 e. The minimum absolute atomic E-state index is 0.174. The van der Waals surface area contributed by atoms with Crippen molar-refractivity contribution in [3.8, 4) is 11.5 Å². The van der Waals surface area contributed by atoms with Crippen molar-refractivity contribution in [2.24, 2.45) is 0 Å². The number of para-hydroxylation sites is 2. The van der Waals surface area contributed by atoms with Gasteiger partial charge in [-0.3, -0.25) is 0 Å². The summed E-state index contributed by atoms with van der Waals surface area (Å²) < 4.78 is 6.01. The summed E-state index contributed by atoms with van der Waals surface area (Å²) in [6, 6.07) is 20.9. The minimum Gasteiger partial charge on any atom is -0.457 e. The molecule has 0 radical (unpaired) electrons. The van der Waals surface area contributed by atoms with Crippen LogP contribution in [0.2, 0.25) is 0 Å². The Morgan fingerprint density at radius 2 is 1.52 bits per heavy atom. The first-order valence-electron chi connectivity index (χ1n) is 7.03. The lowest BCUT2D eigenvalue weighted by atomic mass is 9.94. The van der Waals surface area contributed by atoms with E-state index in [2.05, 4.69) is 47.1 Å². The second-order valence-corrected chi connectivity index (χ2v) is 6.10. The van der Waals surface area contributed by atoms with Gasteiger partial charge in [-0.05, 0) is 23.6 Å². The molecule has 3 heteroatoms. The average Bonchev–Trinajstić information content (AvgIpc) is 3.05. The largest absolute Gasteiger partial charge is 0.457 e. The molecule has 0 atom stereocenters. The van der Waals surface area contributed by atoms with Crippen LogP contribution < -0.4 is 10.1 Å². The standard InChI is InChI=1S/C18H15NOS/c1-3-9-16-14(7-1)18(19-12-13-6-5-11-21-13)15-8-2-4-10-17(15)20-16/h1-11,18-19H,12H2. The third kappa shape index (κ3) is 2.35. The molecule has 1 aromatic heterocycles. The number of ether oxygens (including phenoxy) is 1. The van der Waals surface area contributed by atoms with Gasteiger partial charge in [0.05, 0.1) is 6.04 Å². The lowest BCUT2D eigenvalue weighted by molar-refractivity contribution is 0.428. The molecule has 2 heterocycles. The molecular formula is C18H15NOS. The molecule has 2 nitrogen and oxygen atoms in total. The number of rotatable bonds is 3. The van der Waals surface area contributed by atoms with Crippen molar-refractivity contribution >= 4 is 11.3 Å². The van der Waals surface area contributed by atoms with Crippen LogP contribution in [0.3, 0.4) is 0 Å². The molecule has 1 aliphatic rings. The fourth-order valence-corrected chi connectivity index (χ4v) is 3.40. The summed E-state index contributed by atoms with van der Waals surface area (Å²) in [7, 11) is 0. The zero-order chi connectivity index (χ0) is 14.1. The molecule has 1 N–H and O–H groups in total. The molecule has 3 aromatic rings. The van der Waals surface area contributed by atoms with Gasteiger partial charge >= 0.3 is 0 Å². The lowest BCUT2D eigenvalue weighted by Gasteiger charge is -2.28. The van der Waals surface area contributed by atoms with Crippen molar-refractivity contribution < 1.29 is 4.74 Å². The zero-order valence-corrected chi connectivity index (χ0v) is 12.3. The van der Waals surface area contributed by atoms with Gasteiger partial charge in [0, 0.05) is 22.5 Å². The molecule has 21 heavy (non-hydrogen) atoms. The summed E-state index contributed by atoms with van der Waals surface area (Å²) in [4.78, 5) is 1.34. The Morgan fingerprint density at radius 1 is 0.857 bits per heavy atom. The van der Waals surface area contributed by atoms with Gasteiger partial charge in [-0.1, -0.05) is 42.5 Å². The summed E-state index contributed by atoms with van der Waals surface area (Å²) >= 11 is 1.78. The Balaban J connectivity index is 1.71. The normalized spacial score (nSPS) is 13.3.